The number of aryl methyl sites for hydroxylation is 1. The molecule has 1 amide bonds. The molecule has 0 aliphatic rings. The summed E-state index contributed by atoms with van der Waals surface area (Å²) in [6.07, 6.45) is 4.89. The first-order valence-electron chi connectivity index (χ1n) is 9.48. The van der Waals surface area contributed by atoms with Gasteiger partial charge in [-0.05, 0) is 70.4 Å². The van der Waals surface area contributed by atoms with Crippen molar-refractivity contribution in [3.05, 3.63) is 71.0 Å². The molecule has 3 aromatic rings. The Bertz CT molecular complexity index is 1140. The number of amides is 1. The number of aromatic nitrogens is 2. The van der Waals surface area contributed by atoms with Gasteiger partial charge in [-0.25, -0.2) is 23.1 Å². The molecule has 1 heterocycles. The van der Waals surface area contributed by atoms with Crippen LogP contribution >= 0.6 is 15.9 Å². The Labute approximate surface area is 189 Å². The second kappa shape index (κ2) is 10.4. The molecule has 3 rings (SSSR count). The highest BCUT2D eigenvalue weighted by Crippen LogP contribution is 2.26. The summed E-state index contributed by atoms with van der Waals surface area (Å²) >= 11 is 3.46. The third kappa shape index (κ3) is 6.50. The summed E-state index contributed by atoms with van der Waals surface area (Å²) in [6.45, 7) is 1.93. The molecule has 1 aromatic heterocycles. The van der Waals surface area contributed by atoms with Crippen LogP contribution in [0.5, 0.6) is 5.75 Å². The van der Waals surface area contributed by atoms with Gasteiger partial charge in [0, 0.05) is 18.1 Å². The van der Waals surface area contributed by atoms with E-state index < -0.39 is 10.0 Å². The van der Waals surface area contributed by atoms with Crippen molar-refractivity contribution in [1.82, 2.24) is 9.97 Å². The molecule has 0 radical (unpaired) electrons. The number of hydrogen-bond donors (Lipinski definition) is 2. The number of benzene rings is 2. The molecule has 10 heteroatoms. The van der Waals surface area contributed by atoms with Crippen molar-refractivity contribution in [1.29, 1.82) is 0 Å². The van der Waals surface area contributed by atoms with Gasteiger partial charge in [0.05, 0.1) is 9.37 Å². The lowest BCUT2D eigenvalue weighted by molar-refractivity contribution is -0.118. The fourth-order valence-electron chi connectivity index (χ4n) is 2.69. The van der Waals surface area contributed by atoms with Crippen molar-refractivity contribution in [2.75, 3.05) is 16.6 Å². The van der Waals surface area contributed by atoms with Gasteiger partial charge in [-0.15, -0.1) is 0 Å². The van der Waals surface area contributed by atoms with E-state index in [-0.39, 0.29) is 23.4 Å². The monoisotopic (exact) mass is 504 g/mol. The van der Waals surface area contributed by atoms with Crippen LogP contribution in [0.1, 0.15) is 18.9 Å². The lowest BCUT2D eigenvalue weighted by atomic mass is 10.1. The molecule has 2 aromatic carbocycles. The van der Waals surface area contributed by atoms with E-state index in [9.17, 15) is 13.2 Å². The van der Waals surface area contributed by atoms with Crippen molar-refractivity contribution >= 4 is 43.5 Å². The highest BCUT2D eigenvalue weighted by atomic mass is 79.9. The summed E-state index contributed by atoms with van der Waals surface area (Å²) < 4.78 is 33.4. The SMILES string of the molecule is CCCc1ccc(OCC(=O)Nc2ccc(S(=O)(=O)Nc3ncccn3)cc2)c(Br)c1. The standard InChI is InChI=1S/C21H21BrN4O4S/c1-2-4-15-5-10-19(18(22)13-15)30-14-20(27)25-16-6-8-17(9-7-16)31(28,29)26-21-23-11-3-12-24-21/h3,5-13H,2,4,14H2,1H3,(H,25,27)(H,23,24,26). The van der Waals surface area contributed by atoms with Gasteiger partial charge in [-0.2, -0.15) is 0 Å². The van der Waals surface area contributed by atoms with Crippen LogP contribution < -0.4 is 14.8 Å². The quantitative estimate of drug-likeness (QED) is 0.455. The molecule has 0 bridgehead atoms. The van der Waals surface area contributed by atoms with Gasteiger partial charge in [0.2, 0.25) is 5.95 Å². The maximum absolute atomic E-state index is 12.4. The highest BCUT2D eigenvalue weighted by molar-refractivity contribution is 9.10. The number of carbonyl (C=O) groups is 1. The smallest absolute Gasteiger partial charge is 0.264 e. The number of carbonyl (C=O) groups excluding carboxylic acids is 1. The molecule has 0 atom stereocenters. The normalized spacial score (nSPS) is 11.0. The first kappa shape index (κ1) is 22.7. The average Bonchev–Trinajstić information content (AvgIpc) is 2.74. The van der Waals surface area contributed by atoms with E-state index in [0.717, 1.165) is 17.3 Å². The van der Waals surface area contributed by atoms with E-state index >= 15 is 0 Å². The molecule has 0 fully saturated rings. The Morgan fingerprint density at radius 1 is 1.10 bits per heavy atom. The van der Waals surface area contributed by atoms with E-state index in [1.807, 2.05) is 18.2 Å². The predicted molar refractivity (Wildman–Crippen MR) is 122 cm³/mol. The lowest BCUT2D eigenvalue weighted by Crippen LogP contribution is -2.20. The highest BCUT2D eigenvalue weighted by Gasteiger charge is 2.15. The van der Waals surface area contributed by atoms with Crippen molar-refractivity contribution in [2.45, 2.75) is 24.7 Å². The molecule has 31 heavy (non-hydrogen) atoms. The maximum atomic E-state index is 12.4. The predicted octanol–water partition coefficient (Wildman–Crippen LogP) is 4.01. The molecule has 2 N–H and O–H groups in total. The van der Waals surface area contributed by atoms with Crippen LogP contribution in [0.15, 0.2) is 70.3 Å². The zero-order valence-corrected chi connectivity index (χ0v) is 19.1. The van der Waals surface area contributed by atoms with Gasteiger partial charge in [0.15, 0.2) is 6.61 Å². The molecular formula is C21H21BrN4O4S. The Hall–Kier alpha value is -2.98. The summed E-state index contributed by atoms with van der Waals surface area (Å²) in [5.74, 6) is 0.188. The third-order valence-electron chi connectivity index (χ3n) is 4.13. The van der Waals surface area contributed by atoms with Crippen molar-refractivity contribution in [3.63, 3.8) is 0 Å². The van der Waals surface area contributed by atoms with Crippen LogP contribution in [0.3, 0.4) is 0 Å². The largest absolute Gasteiger partial charge is 0.483 e. The van der Waals surface area contributed by atoms with E-state index in [4.69, 9.17) is 4.74 Å². The topological polar surface area (TPSA) is 110 Å². The number of hydrogen-bond acceptors (Lipinski definition) is 6. The first-order chi connectivity index (χ1) is 14.9. The number of ether oxygens (including phenoxy) is 1. The van der Waals surface area contributed by atoms with Crippen molar-refractivity contribution < 1.29 is 17.9 Å². The second-order valence-electron chi connectivity index (χ2n) is 6.55. The third-order valence-corrected chi connectivity index (χ3v) is 6.10. The lowest BCUT2D eigenvalue weighted by Gasteiger charge is -2.11. The summed E-state index contributed by atoms with van der Waals surface area (Å²) in [6, 6.07) is 13.1. The average molecular weight is 505 g/mol. The Morgan fingerprint density at radius 2 is 1.81 bits per heavy atom. The molecule has 0 unspecified atom stereocenters. The molecule has 0 saturated heterocycles. The number of halogens is 1. The van der Waals surface area contributed by atoms with Crippen LogP contribution in [-0.4, -0.2) is 30.9 Å². The zero-order chi connectivity index (χ0) is 22.3. The van der Waals surface area contributed by atoms with Gasteiger partial charge in [-0.1, -0.05) is 19.4 Å². The van der Waals surface area contributed by atoms with E-state index in [2.05, 4.69) is 42.9 Å². The van der Waals surface area contributed by atoms with Gasteiger partial charge < -0.3 is 10.1 Å². The van der Waals surface area contributed by atoms with E-state index in [1.165, 1.54) is 42.2 Å². The van der Waals surface area contributed by atoms with Gasteiger partial charge in [0.25, 0.3) is 15.9 Å². The first-order valence-corrected chi connectivity index (χ1v) is 11.8. The second-order valence-corrected chi connectivity index (χ2v) is 9.09. The van der Waals surface area contributed by atoms with Gasteiger partial charge in [-0.3, -0.25) is 4.79 Å². The molecule has 162 valence electrons. The summed E-state index contributed by atoms with van der Waals surface area (Å²) in [5, 5.41) is 2.67. The van der Waals surface area contributed by atoms with Crippen LogP contribution in [0, 0.1) is 0 Å². The molecule has 8 nitrogen and oxygen atoms in total. The fourth-order valence-corrected chi connectivity index (χ4v) is 4.19. The number of rotatable bonds is 9. The maximum Gasteiger partial charge on any atom is 0.264 e. The number of sulfonamides is 1. The molecule has 0 saturated carbocycles. The Balaban J connectivity index is 1.56. The molecule has 0 aliphatic heterocycles. The van der Waals surface area contributed by atoms with Crippen molar-refractivity contribution in [3.8, 4) is 5.75 Å². The minimum absolute atomic E-state index is 0.0188. The van der Waals surface area contributed by atoms with E-state index in [0.29, 0.717) is 11.4 Å². The van der Waals surface area contributed by atoms with Crippen LogP contribution in [0.4, 0.5) is 11.6 Å². The Kier molecular flexibility index (Phi) is 7.59. The zero-order valence-electron chi connectivity index (χ0n) is 16.7. The summed E-state index contributed by atoms with van der Waals surface area (Å²) in [4.78, 5) is 19.9. The minimum atomic E-state index is -3.84. The number of nitrogens with zero attached hydrogens (tertiary/aromatic N) is 2. The molecule has 0 spiro atoms. The minimum Gasteiger partial charge on any atom is -0.483 e. The van der Waals surface area contributed by atoms with Crippen LogP contribution in [0.25, 0.3) is 0 Å². The van der Waals surface area contributed by atoms with Gasteiger partial charge in [0.1, 0.15) is 5.75 Å². The Morgan fingerprint density at radius 3 is 2.45 bits per heavy atom. The van der Waals surface area contributed by atoms with E-state index in [1.54, 1.807) is 6.07 Å². The molecular weight excluding hydrogens is 484 g/mol. The molecule has 0 aliphatic carbocycles. The number of nitrogens with one attached hydrogen (secondary N) is 2. The van der Waals surface area contributed by atoms with Crippen LogP contribution in [0.2, 0.25) is 0 Å². The fraction of sp³-hybridized carbons (Fsp3) is 0.190. The summed E-state index contributed by atoms with van der Waals surface area (Å²) in [5.41, 5.74) is 1.63. The van der Waals surface area contributed by atoms with Gasteiger partial charge >= 0.3 is 0 Å². The van der Waals surface area contributed by atoms with Crippen molar-refractivity contribution in [2.24, 2.45) is 0 Å². The summed E-state index contributed by atoms with van der Waals surface area (Å²) in [7, 11) is -3.84. The van der Waals surface area contributed by atoms with Crippen LogP contribution in [-0.2, 0) is 21.2 Å². The number of anilines is 2.